The third-order valence-electron chi connectivity index (χ3n) is 3.23. The summed E-state index contributed by atoms with van der Waals surface area (Å²) < 4.78 is 27.2. The Hall–Kier alpha value is -2.41. The lowest BCUT2D eigenvalue weighted by Crippen LogP contribution is -2.27. The topological polar surface area (TPSA) is 134 Å². The zero-order valence-electron chi connectivity index (χ0n) is 14.0. The lowest BCUT2D eigenvalue weighted by atomic mass is 10.1. The van der Waals surface area contributed by atoms with Gasteiger partial charge in [0.2, 0.25) is 10.0 Å². The average Bonchev–Trinajstić information content (AvgIpc) is 2.58. The summed E-state index contributed by atoms with van der Waals surface area (Å²) in [5.41, 5.74) is 0.887. The van der Waals surface area contributed by atoms with Crippen molar-refractivity contribution in [3.05, 3.63) is 41.6 Å². The molecule has 4 N–H and O–H groups in total. The van der Waals surface area contributed by atoms with Crippen LogP contribution in [0.1, 0.15) is 12.0 Å². The third kappa shape index (κ3) is 7.80. The minimum absolute atomic E-state index is 0.0120. The molecule has 0 saturated carbocycles. The number of amides is 1. The fourth-order valence-corrected chi connectivity index (χ4v) is 2.41. The number of carbonyl (C=O) groups excluding carboxylic acids is 1. The van der Waals surface area contributed by atoms with Gasteiger partial charge in [0.1, 0.15) is 11.6 Å². The average molecular weight is 366 g/mol. The molecule has 0 spiro atoms. The van der Waals surface area contributed by atoms with E-state index >= 15 is 0 Å². The second kappa shape index (κ2) is 10.5. The summed E-state index contributed by atoms with van der Waals surface area (Å²) in [6.45, 7) is 1.45. The molecule has 0 aliphatic heterocycles. The first-order valence-electron chi connectivity index (χ1n) is 7.61. The van der Waals surface area contributed by atoms with E-state index in [1.54, 1.807) is 19.2 Å². The molecule has 1 aromatic carbocycles. The van der Waals surface area contributed by atoms with Crippen molar-refractivity contribution in [2.45, 2.75) is 17.7 Å². The predicted molar refractivity (Wildman–Crippen MR) is 92.7 cm³/mol. The molecule has 9 heteroatoms. The van der Waals surface area contributed by atoms with Crippen LogP contribution < -0.4 is 15.8 Å². The fourth-order valence-electron chi connectivity index (χ4n) is 1.90. The van der Waals surface area contributed by atoms with E-state index in [9.17, 15) is 13.2 Å². The van der Waals surface area contributed by atoms with E-state index in [-0.39, 0.29) is 10.5 Å². The fraction of sp³-hybridized carbons (Fsp3) is 0.375. The summed E-state index contributed by atoms with van der Waals surface area (Å²) >= 11 is 0. The van der Waals surface area contributed by atoms with Crippen LogP contribution >= 0.6 is 0 Å². The van der Waals surface area contributed by atoms with Gasteiger partial charge >= 0.3 is 0 Å². The summed E-state index contributed by atoms with van der Waals surface area (Å²) in [5.74, 6) is -0.441. The molecule has 0 bridgehead atoms. The van der Waals surface area contributed by atoms with Crippen LogP contribution in [0, 0.1) is 11.3 Å². The second-order valence-corrected chi connectivity index (χ2v) is 6.73. The number of hydrogen-bond acceptors (Lipinski definition) is 6. The second-order valence-electron chi connectivity index (χ2n) is 5.17. The molecule has 0 aromatic heterocycles. The maximum atomic E-state index is 11.8. The van der Waals surface area contributed by atoms with Crippen molar-refractivity contribution in [1.82, 2.24) is 10.6 Å². The number of primary sulfonamides is 1. The number of nitriles is 1. The predicted octanol–water partition coefficient (Wildman–Crippen LogP) is 0.0263. The third-order valence-corrected chi connectivity index (χ3v) is 4.16. The van der Waals surface area contributed by atoms with Crippen molar-refractivity contribution in [3.8, 4) is 6.07 Å². The first-order valence-corrected chi connectivity index (χ1v) is 9.15. The Morgan fingerprint density at radius 3 is 2.56 bits per heavy atom. The molecule has 1 aromatic rings. The number of nitrogens with zero attached hydrogens (tertiary/aromatic N) is 1. The molecule has 0 radical (unpaired) electrons. The molecule has 0 heterocycles. The highest BCUT2D eigenvalue weighted by Gasteiger charge is 2.08. The monoisotopic (exact) mass is 366 g/mol. The van der Waals surface area contributed by atoms with Gasteiger partial charge in [-0.2, -0.15) is 5.26 Å². The lowest BCUT2D eigenvalue weighted by Gasteiger charge is -2.05. The van der Waals surface area contributed by atoms with Crippen LogP contribution in [0.25, 0.3) is 0 Å². The molecule has 0 saturated heterocycles. The molecule has 0 aliphatic carbocycles. The van der Waals surface area contributed by atoms with Crippen molar-refractivity contribution in [1.29, 1.82) is 5.26 Å². The number of methoxy groups -OCH3 is 1. The first kappa shape index (κ1) is 20.6. The summed E-state index contributed by atoms with van der Waals surface area (Å²) in [6.07, 6.45) is 2.63. The number of carbonyl (C=O) groups is 1. The van der Waals surface area contributed by atoms with Crippen LogP contribution in [0.2, 0.25) is 0 Å². The Morgan fingerprint density at radius 2 is 2.00 bits per heavy atom. The van der Waals surface area contributed by atoms with E-state index < -0.39 is 15.9 Å². The highest BCUT2D eigenvalue weighted by Crippen LogP contribution is 2.08. The molecular weight excluding hydrogens is 344 g/mol. The maximum absolute atomic E-state index is 11.8. The van der Waals surface area contributed by atoms with Gasteiger partial charge in [0.05, 0.1) is 4.90 Å². The number of sulfonamides is 1. The van der Waals surface area contributed by atoms with Crippen LogP contribution in [-0.2, 0) is 26.0 Å². The number of ether oxygens (including phenoxy) is 1. The number of rotatable bonds is 10. The Balaban J connectivity index is 2.44. The van der Waals surface area contributed by atoms with Crippen molar-refractivity contribution in [2.75, 3.05) is 26.8 Å². The first-order chi connectivity index (χ1) is 11.9. The standard InChI is InChI=1S/C16H22N4O4S/c1-24-10-2-8-20-16(21)14(11-17)12-19-9-7-13-3-5-15(6-4-13)25(18,22)23/h3-6,12,19H,2,7-10H2,1H3,(H,20,21)(H2,18,22,23)/b14-12-. The zero-order chi connectivity index (χ0) is 18.7. The number of nitrogens with two attached hydrogens (primary N) is 1. The van der Waals surface area contributed by atoms with Gasteiger partial charge in [-0.05, 0) is 30.5 Å². The van der Waals surface area contributed by atoms with Gasteiger partial charge in [-0.15, -0.1) is 0 Å². The molecule has 0 fully saturated rings. The van der Waals surface area contributed by atoms with Gasteiger partial charge in [-0.3, -0.25) is 4.79 Å². The van der Waals surface area contributed by atoms with Gasteiger partial charge in [0, 0.05) is 33.0 Å². The van der Waals surface area contributed by atoms with Gasteiger partial charge in [0.25, 0.3) is 5.91 Å². The van der Waals surface area contributed by atoms with E-state index in [0.29, 0.717) is 32.5 Å². The largest absolute Gasteiger partial charge is 0.389 e. The molecular formula is C16H22N4O4S. The number of nitrogens with one attached hydrogen (secondary N) is 2. The minimum atomic E-state index is -3.69. The quantitative estimate of drug-likeness (QED) is 0.304. The van der Waals surface area contributed by atoms with E-state index in [4.69, 9.17) is 15.1 Å². The normalized spacial score (nSPS) is 11.6. The molecule has 0 atom stereocenters. The number of hydrogen-bond donors (Lipinski definition) is 3. The van der Waals surface area contributed by atoms with E-state index in [0.717, 1.165) is 5.56 Å². The Morgan fingerprint density at radius 1 is 1.32 bits per heavy atom. The van der Waals surface area contributed by atoms with Crippen molar-refractivity contribution >= 4 is 15.9 Å². The van der Waals surface area contributed by atoms with Gasteiger partial charge < -0.3 is 15.4 Å². The summed E-state index contributed by atoms with van der Waals surface area (Å²) in [4.78, 5) is 11.8. The smallest absolute Gasteiger partial charge is 0.263 e. The molecule has 25 heavy (non-hydrogen) atoms. The van der Waals surface area contributed by atoms with Crippen molar-refractivity contribution in [2.24, 2.45) is 5.14 Å². The van der Waals surface area contributed by atoms with E-state index in [1.807, 2.05) is 6.07 Å². The Bertz CT molecular complexity index is 736. The van der Waals surface area contributed by atoms with Crippen LogP contribution in [0.5, 0.6) is 0 Å². The highest BCUT2D eigenvalue weighted by molar-refractivity contribution is 7.89. The molecule has 0 aliphatic rings. The molecule has 1 amide bonds. The molecule has 8 nitrogen and oxygen atoms in total. The molecule has 136 valence electrons. The SMILES string of the molecule is COCCCNC(=O)/C(C#N)=C\NCCc1ccc(S(N)(=O)=O)cc1. The van der Waals surface area contributed by atoms with E-state index in [1.165, 1.54) is 18.3 Å². The van der Waals surface area contributed by atoms with Crippen molar-refractivity contribution in [3.63, 3.8) is 0 Å². The van der Waals surface area contributed by atoms with Crippen LogP contribution in [-0.4, -0.2) is 41.1 Å². The lowest BCUT2D eigenvalue weighted by molar-refractivity contribution is -0.117. The van der Waals surface area contributed by atoms with Crippen LogP contribution in [0.3, 0.4) is 0 Å². The minimum Gasteiger partial charge on any atom is -0.389 e. The van der Waals surface area contributed by atoms with E-state index in [2.05, 4.69) is 10.6 Å². The Labute approximate surface area is 147 Å². The summed E-state index contributed by atoms with van der Waals surface area (Å²) in [6, 6.07) is 8.05. The molecule has 1 rings (SSSR count). The van der Waals surface area contributed by atoms with Gasteiger partial charge in [-0.1, -0.05) is 12.1 Å². The van der Waals surface area contributed by atoms with Crippen LogP contribution in [0.4, 0.5) is 0 Å². The summed E-state index contributed by atoms with van der Waals surface area (Å²) in [7, 11) is -2.12. The van der Waals surface area contributed by atoms with Gasteiger partial charge in [-0.25, -0.2) is 13.6 Å². The number of benzene rings is 1. The summed E-state index contributed by atoms with van der Waals surface area (Å²) in [5, 5.41) is 19.6. The molecule has 0 unspecified atom stereocenters. The van der Waals surface area contributed by atoms with Gasteiger partial charge in [0.15, 0.2) is 0 Å². The Kier molecular flexibility index (Phi) is 8.63. The van der Waals surface area contributed by atoms with Crippen LogP contribution in [0.15, 0.2) is 40.9 Å². The maximum Gasteiger partial charge on any atom is 0.263 e. The highest BCUT2D eigenvalue weighted by atomic mass is 32.2. The van der Waals surface area contributed by atoms with Crippen molar-refractivity contribution < 1.29 is 17.9 Å². The zero-order valence-corrected chi connectivity index (χ0v) is 14.8.